The molecule has 0 unspecified atom stereocenters. The van der Waals surface area contributed by atoms with Gasteiger partial charge in [-0.1, -0.05) is 25.1 Å². The maximum atomic E-state index is 12.8. The SMILES string of the molecule is CCc1ccc2c(c1)C(=O)C1=CNc3ccccc3N[C@H]1O2. The van der Waals surface area contributed by atoms with Gasteiger partial charge in [0, 0.05) is 6.20 Å². The fourth-order valence-electron chi connectivity index (χ4n) is 2.82. The molecule has 0 saturated carbocycles. The lowest BCUT2D eigenvalue weighted by Gasteiger charge is -2.28. The fourth-order valence-corrected chi connectivity index (χ4v) is 2.82. The van der Waals surface area contributed by atoms with Gasteiger partial charge >= 0.3 is 0 Å². The standard InChI is InChI=1S/C18H16N2O2/c1-2-11-7-8-16-12(9-11)17(21)13-10-19-14-5-3-4-6-15(14)20-18(13)22-16/h3-10,18-20H,2H2,1H3/t18-/m0/s1. The van der Waals surface area contributed by atoms with Crippen LogP contribution in [0.15, 0.2) is 54.2 Å². The van der Waals surface area contributed by atoms with E-state index in [2.05, 4.69) is 17.6 Å². The molecule has 4 heteroatoms. The average molecular weight is 292 g/mol. The molecule has 2 heterocycles. The molecule has 2 aromatic rings. The van der Waals surface area contributed by atoms with Gasteiger partial charge in [0.2, 0.25) is 6.23 Å². The lowest BCUT2D eigenvalue weighted by Crippen LogP contribution is -2.36. The molecular weight excluding hydrogens is 276 g/mol. The summed E-state index contributed by atoms with van der Waals surface area (Å²) in [5.41, 5.74) is 4.21. The normalized spacial score (nSPS) is 18.5. The predicted octanol–water partition coefficient (Wildman–Crippen LogP) is 3.57. The van der Waals surface area contributed by atoms with E-state index in [0.29, 0.717) is 16.9 Å². The highest BCUT2D eigenvalue weighted by molar-refractivity contribution is 6.13. The number of carbonyl (C=O) groups is 1. The smallest absolute Gasteiger partial charge is 0.201 e. The topological polar surface area (TPSA) is 50.4 Å². The first-order valence-corrected chi connectivity index (χ1v) is 7.42. The first-order chi connectivity index (χ1) is 10.8. The van der Waals surface area contributed by atoms with Crippen molar-refractivity contribution in [2.45, 2.75) is 19.6 Å². The van der Waals surface area contributed by atoms with Gasteiger partial charge in [0.1, 0.15) is 5.75 Å². The third kappa shape index (κ3) is 1.96. The van der Waals surface area contributed by atoms with Gasteiger partial charge in [-0.15, -0.1) is 0 Å². The second-order valence-electron chi connectivity index (χ2n) is 5.45. The zero-order valence-electron chi connectivity index (χ0n) is 12.2. The Hall–Kier alpha value is -2.75. The van der Waals surface area contributed by atoms with E-state index >= 15 is 0 Å². The highest BCUT2D eigenvalue weighted by Crippen LogP contribution is 2.35. The number of aryl methyl sites for hydroxylation is 1. The maximum Gasteiger partial charge on any atom is 0.201 e. The van der Waals surface area contributed by atoms with E-state index in [-0.39, 0.29) is 5.78 Å². The van der Waals surface area contributed by atoms with Crippen molar-refractivity contribution >= 4 is 17.2 Å². The van der Waals surface area contributed by atoms with E-state index in [9.17, 15) is 4.79 Å². The van der Waals surface area contributed by atoms with E-state index in [1.807, 2.05) is 42.5 Å². The molecular formula is C18H16N2O2. The quantitative estimate of drug-likeness (QED) is 0.843. The highest BCUT2D eigenvalue weighted by Gasteiger charge is 2.33. The van der Waals surface area contributed by atoms with Gasteiger partial charge in [-0.2, -0.15) is 0 Å². The molecule has 2 aliphatic rings. The molecule has 22 heavy (non-hydrogen) atoms. The summed E-state index contributed by atoms with van der Waals surface area (Å²) in [6, 6.07) is 13.6. The minimum Gasteiger partial charge on any atom is -0.466 e. The van der Waals surface area contributed by atoms with Crippen LogP contribution in [0.25, 0.3) is 0 Å². The summed E-state index contributed by atoms with van der Waals surface area (Å²) in [7, 11) is 0. The number of ether oxygens (including phenoxy) is 1. The molecule has 1 atom stereocenters. The molecule has 2 aliphatic heterocycles. The molecule has 2 N–H and O–H groups in total. The largest absolute Gasteiger partial charge is 0.466 e. The van der Waals surface area contributed by atoms with E-state index in [1.54, 1.807) is 6.20 Å². The monoisotopic (exact) mass is 292 g/mol. The molecule has 0 bridgehead atoms. The van der Waals surface area contributed by atoms with Crippen LogP contribution in [-0.2, 0) is 6.42 Å². The second kappa shape index (κ2) is 4.91. The first kappa shape index (κ1) is 13.0. The van der Waals surface area contributed by atoms with Crippen LogP contribution in [0.5, 0.6) is 5.75 Å². The van der Waals surface area contributed by atoms with Crippen molar-refractivity contribution in [2.75, 3.05) is 10.6 Å². The summed E-state index contributed by atoms with van der Waals surface area (Å²) in [6.45, 7) is 2.07. The van der Waals surface area contributed by atoms with Crippen LogP contribution in [-0.4, -0.2) is 12.0 Å². The van der Waals surface area contributed by atoms with Crippen LogP contribution in [0.1, 0.15) is 22.8 Å². The van der Waals surface area contributed by atoms with E-state index in [0.717, 1.165) is 23.4 Å². The zero-order chi connectivity index (χ0) is 15.1. The Morgan fingerprint density at radius 2 is 1.95 bits per heavy atom. The summed E-state index contributed by atoms with van der Waals surface area (Å²) in [4.78, 5) is 12.8. The lowest BCUT2D eigenvalue weighted by molar-refractivity contribution is 0.0974. The number of nitrogens with one attached hydrogen (secondary N) is 2. The number of ketones is 1. The molecule has 4 nitrogen and oxygen atoms in total. The van der Waals surface area contributed by atoms with Crippen LogP contribution in [0, 0.1) is 0 Å². The average Bonchev–Trinajstić information content (AvgIpc) is 2.74. The molecule has 110 valence electrons. The van der Waals surface area contributed by atoms with Crippen molar-refractivity contribution in [2.24, 2.45) is 0 Å². The Morgan fingerprint density at radius 1 is 1.14 bits per heavy atom. The Labute approximate surface area is 128 Å². The van der Waals surface area contributed by atoms with Crippen molar-refractivity contribution in [1.82, 2.24) is 0 Å². The molecule has 2 aromatic carbocycles. The fraction of sp³-hybridized carbons (Fsp3) is 0.167. The number of fused-ring (bicyclic) bond motifs is 3. The molecule has 0 aromatic heterocycles. The summed E-state index contributed by atoms with van der Waals surface area (Å²) in [6.07, 6.45) is 2.17. The van der Waals surface area contributed by atoms with Gasteiger partial charge in [-0.3, -0.25) is 4.79 Å². The molecule has 0 radical (unpaired) electrons. The predicted molar refractivity (Wildman–Crippen MR) is 86.3 cm³/mol. The molecule has 4 rings (SSSR count). The zero-order valence-corrected chi connectivity index (χ0v) is 12.2. The number of benzene rings is 2. The minimum absolute atomic E-state index is 0.00866. The molecule has 0 aliphatic carbocycles. The van der Waals surface area contributed by atoms with Gasteiger partial charge in [-0.25, -0.2) is 0 Å². The summed E-state index contributed by atoms with van der Waals surface area (Å²) < 4.78 is 6.00. The Morgan fingerprint density at radius 3 is 2.77 bits per heavy atom. The van der Waals surface area contributed by atoms with Gasteiger partial charge in [0.15, 0.2) is 5.78 Å². The first-order valence-electron chi connectivity index (χ1n) is 7.42. The second-order valence-corrected chi connectivity index (χ2v) is 5.45. The van der Waals surface area contributed by atoms with Gasteiger partial charge in [-0.05, 0) is 36.2 Å². The Bertz CT molecular complexity index is 795. The van der Waals surface area contributed by atoms with Crippen LogP contribution < -0.4 is 15.4 Å². The van der Waals surface area contributed by atoms with Gasteiger partial charge in [0.05, 0.1) is 22.5 Å². The Balaban J connectivity index is 1.78. The molecule has 0 fully saturated rings. The number of hydrogen-bond acceptors (Lipinski definition) is 4. The molecule has 0 saturated heterocycles. The van der Waals surface area contributed by atoms with Crippen molar-refractivity contribution < 1.29 is 9.53 Å². The van der Waals surface area contributed by atoms with Crippen LogP contribution in [0.4, 0.5) is 11.4 Å². The third-order valence-corrected chi connectivity index (χ3v) is 4.08. The summed E-state index contributed by atoms with van der Waals surface area (Å²) in [5.74, 6) is 0.644. The van der Waals surface area contributed by atoms with Crippen LogP contribution in [0.2, 0.25) is 0 Å². The number of anilines is 2. The van der Waals surface area contributed by atoms with E-state index < -0.39 is 6.23 Å². The number of rotatable bonds is 1. The molecule has 0 amide bonds. The van der Waals surface area contributed by atoms with Crippen LogP contribution >= 0.6 is 0 Å². The summed E-state index contributed by atoms with van der Waals surface area (Å²) in [5, 5.41) is 6.48. The third-order valence-electron chi connectivity index (χ3n) is 4.08. The van der Waals surface area contributed by atoms with Crippen molar-refractivity contribution in [1.29, 1.82) is 0 Å². The maximum absolute atomic E-state index is 12.8. The highest BCUT2D eigenvalue weighted by atomic mass is 16.5. The summed E-state index contributed by atoms with van der Waals surface area (Å²) >= 11 is 0. The van der Waals surface area contributed by atoms with E-state index in [4.69, 9.17) is 4.74 Å². The minimum atomic E-state index is -0.469. The molecule has 0 spiro atoms. The number of para-hydroxylation sites is 2. The number of carbonyl (C=O) groups excluding carboxylic acids is 1. The van der Waals surface area contributed by atoms with Crippen molar-refractivity contribution in [3.8, 4) is 5.75 Å². The Kier molecular flexibility index (Phi) is 2.89. The van der Waals surface area contributed by atoms with Crippen molar-refractivity contribution in [3.05, 3.63) is 65.4 Å². The van der Waals surface area contributed by atoms with Crippen LogP contribution in [0.3, 0.4) is 0 Å². The van der Waals surface area contributed by atoms with Gasteiger partial charge < -0.3 is 15.4 Å². The lowest BCUT2D eigenvalue weighted by atomic mass is 9.96. The van der Waals surface area contributed by atoms with Crippen molar-refractivity contribution in [3.63, 3.8) is 0 Å². The number of Topliss-reactive ketones (excluding diaryl/α,β-unsaturated/α-hetero) is 1. The number of hydrogen-bond donors (Lipinski definition) is 2. The van der Waals surface area contributed by atoms with Gasteiger partial charge in [0.25, 0.3) is 0 Å². The van der Waals surface area contributed by atoms with E-state index in [1.165, 1.54) is 0 Å².